The van der Waals surface area contributed by atoms with Crippen LogP contribution >= 0.6 is 0 Å². The van der Waals surface area contributed by atoms with Gasteiger partial charge in [0.2, 0.25) is 5.91 Å². The summed E-state index contributed by atoms with van der Waals surface area (Å²) in [5, 5.41) is 6.58. The predicted octanol–water partition coefficient (Wildman–Crippen LogP) is 2.27. The summed E-state index contributed by atoms with van der Waals surface area (Å²) >= 11 is 0. The highest BCUT2D eigenvalue weighted by atomic mass is 16.2. The molecule has 0 atom stereocenters. The number of benzene rings is 1. The van der Waals surface area contributed by atoms with E-state index in [1.54, 1.807) is 0 Å². The number of carbonyl (C=O) groups excluding carboxylic acids is 1. The highest BCUT2D eigenvalue weighted by molar-refractivity contribution is 5.79. The normalized spacial score (nSPS) is 15.1. The highest BCUT2D eigenvalue weighted by Crippen LogP contribution is 2.17. The summed E-state index contributed by atoms with van der Waals surface area (Å²) in [4.78, 5) is 18.5. The first kappa shape index (κ1) is 17.3. The Morgan fingerprint density at radius 3 is 2.65 bits per heavy atom. The molecule has 1 saturated heterocycles. The van der Waals surface area contributed by atoms with Crippen LogP contribution in [0.5, 0.6) is 0 Å². The smallest absolute Gasteiger partial charge is 0.222 e. The van der Waals surface area contributed by atoms with Gasteiger partial charge in [-0.25, -0.2) is 4.99 Å². The molecule has 126 valence electrons. The van der Waals surface area contributed by atoms with Crippen molar-refractivity contribution >= 4 is 11.9 Å². The quantitative estimate of drug-likeness (QED) is 0.599. The first-order valence-corrected chi connectivity index (χ1v) is 8.61. The van der Waals surface area contributed by atoms with Crippen molar-refractivity contribution in [3.8, 4) is 0 Å². The molecule has 0 spiro atoms. The van der Waals surface area contributed by atoms with Gasteiger partial charge in [-0.15, -0.1) is 0 Å². The van der Waals surface area contributed by atoms with Crippen molar-refractivity contribution in [2.45, 2.75) is 46.2 Å². The highest BCUT2D eigenvalue weighted by Gasteiger charge is 2.20. The van der Waals surface area contributed by atoms with Gasteiger partial charge in [-0.1, -0.05) is 31.2 Å². The van der Waals surface area contributed by atoms with Gasteiger partial charge in [-0.2, -0.15) is 0 Å². The molecule has 0 unspecified atom stereocenters. The fourth-order valence-corrected chi connectivity index (χ4v) is 2.69. The number of hydrogen-bond donors (Lipinski definition) is 2. The lowest BCUT2D eigenvalue weighted by Gasteiger charge is -2.18. The van der Waals surface area contributed by atoms with Gasteiger partial charge >= 0.3 is 0 Å². The third-order valence-electron chi connectivity index (χ3n) is 3.95. The average molecular weight is 316 g/mol. The number of nitrogens with one attached hydrogen (secondary N) is 2. The van der Waals surface area contributed by atoms with Crippen LogP contribution in [0.1, 0.15) is 44.2 Å². The van der Waals surface area contributed by atoms with E-state index in [1.807, 2.05) is 17.0 Å². The van der Waals surface area contributed by atoms with E-state index >= 15 is 0 Å². The first-order valence-electron chi connectivity index (χ1n) is 8.61. The molecule has 0 aliphatic carbocycles. The third kappa shape index (κ3) is 5.27. The van der Waals surface area contributed by atoms with E-state index in [-0.39, 0.29) is 5.91 Å². The van der Waals surface area contributed by atoms with Gasteiger partial charge in [0.15, 0.2) is 5.96 Å². The third-order valence-corrected chi connectivity index (χ3v) is 3.95. The van der Waals surface area contributed by atoms with Gasteiger partial charge in [0.25, 0.3) is 0 Å². The molecule has 23 heavy (non-hydrogen) atoms. The SMILES string of the molecule is CCCNC(=NCc1ccccc1CN1CCCC1=O)NCC. The molecule has 0 radical (unpaired) electrons. The van der Waals surface area contributed by atoms with E-state index in [9.17, 15) is 4.79 Å². The van der Waals surface area contributed by atoms with Crippen LogP contribution in [0.25, 0.3) is 0 Å². The number of guanidine groups is 1. The van der Waals surface area contributed by atoms with Crippen LogP contribution in [0.3, 0.4) is 0 Å². The van der Waals surface area contributed by atoms with Crippen LogP contribution in [0.4, 0.5) is 0 Å². The Hall–Kier alpha value is -2.04. The van der Waals surface area contributed by atoms with Gasteiger partial charge in [0.1, 0.15) is 0 Å². The maximum Gasteiger partial charge on any atom is 0.222 e. The summed E-state index contributed by atoms with van der Waals surface area (Å²) in [5.41, 5.74) is 2.37. The molecule has 2 N–H and O–H groups in total. The zero-order chi connectivity index (χ0) is 16.5. The van der Waals surface area contributed by atoms with Crippen molar-refractivity contribution in [2.24, 2.45) is 4.99 Å². The van der Waals surface area contributed by atoms with Crippen LogP contribution in [0.2, 0.25) is 0 Å². The van der Waals surface area contributed by atoms with E-state index in [0.29, 0.717) is 19.5 Å². The number of nitrogens with zero attached hydrogens (tertiary/aromatic N) is 2. The number of likely N-dealkylation sites (tertiary alicyclic amines) is 1. The second-order valence-electron chi connectivity index (χ2n) is 5.81. The summed E-state index contributed by atoms with van der Waals surface area (Å²) in [6.07, 6.45) is 2.73. The van der Waals surface area contributed by atoms with Gasteiger partial charge in [-0.05, 0) is 30.9 Å². The molecular weight excluding hydrogens is 288 g/mol. The molecule has 5 heteroatoms. The lowest BCUT2D eigenvalue weighted by atomic mass is 10.1. The first-order chi connectivity index (χ1) is 11.2. The Kier molecular flexibility index (Phi) is 6.91. The maximum atomic E-state index is 11.8. The van der Waals surface area contributed by atoms with E-state index < -0.39 is 0 Å². The maximum absolute atomic E-state index is 11.8. The summed E-state index contributed by atoms with van der Waals surface area (Å²) in [6, 6.07) is 8.27. The summed E-state index contributed by atoms with van der Waals surface area (Å²) in [6.45, 7) is 8.15. The number of hydrogen-bond acceptors (Lipinski definition) is 2. The topological polar surface area (TPSA) is 56.7 Å². The molecule has 1 fully saturated rings. The van der Waals surface area contributed by atoms with Crippen molar-refractivity contribution in [3.63, 3.8) is 0 Å². The predicted molar refractivity (Wildman–Crippen MR) is 94.2 cm³/mol. The fraction of sp³-hybridized carbons (Fsp3) is 0.556. The molecule has 2 rings (SSSR count). The number of carbonyl (C=O) groups is 1. The average Bonchev–Trinajstić information content (AvgIpc) is 2.96. The number of rotatable bonds is 7. The molecule has 1 amide bonds. The Morgan fingerprint density at radius 2 is 2.00 bits per heavy atom. The second kappa shape index (κ2) is 9.18. The molecule has 0 bridgehead atoms. The van der Waals surface area contributed by atoms with Crippen molar-refractivity contribution in [3.05, 3.63) is 35.4 Å². The zero-order valence-corrected chi connectivity index (χ0v) is 14.3. The summed E-state index contributed by atoms with van der Waals surface area (Å²) in [7, 11) is 0. The Bertz CT molecular complexity index is 542. The molecule has 1 aliphatic rings. The Labute approximate surface area is 139 Å². The van der Waals surface area contributed by atoms with Gasteiger partial charge in [0, 0.05) is 32.6 Å². The molecule has 0 aromatic heterocycles. The molecule has 1 aromatic carbocycles. The van der Waals surface area contributed by atoms with E-state index in [2.05, 4.69) is 41.6 Å². The van der Waals surface area contributed by atoms with Gasteiger partial charge in [-0.3, -0.25) is 4.79 Å². The minimum absolute atomic E-state index is 0.265. The van der Waals surface area contributed by atoms with Crippen molar-refractivity contribution in [2.75, 3.05) is 19.6 Å². The van der Waals surface area contributed by atoms with E-state index in [4.69, 9.17) is 0 Å². The molecule has 0 saturated carbocycles. The molecule has 1 aromatic rings. The number of aliphatic imine (C=N–C) groups is 1. The largest absolute Gasteiger partial charge is 0.357 e. The lowest BCUT2D eigenvalue weighted by molar-refractivity contribution is -0.128. The monoisotopic (exact) mass is 316 g/mol. The van der Waals surface area contributed by atoms with Crippen molar-refractivity contribution in [1.29, 1.82) is 0 Å². The Balaban J connectivity index is 2.05. The van der Waals surface area contributed by atoms with E-state index in [0.717, 1.165) is 38.4 Å². The molecule has 1 aliphatic heterocycles. The van der Waals surface area contributed by atoms with Crippen LogP contribution < -0.4 is 10.6 Å². The zero-order valence-electron chi connectivity index (χ0n) is 14.3. The van der Waals surface area contributed by atoms with Crippen molar-refractivity contribution < 1.29 is 4.79 Å². The summed E-state index contributed by atoms with van der Waals surface area (Å²) in [5.74, 6) is 1.11. The molecule has 5 nitrogen and oxygen atoms in total. The summed E-state index contributed by atoms with van der Waals surface area (Å²) < 4.78 is 0. The second-order valence-corrected chi connectivity index (χ2v) is 5.81. The minimum Gasteiger partial charge on any atom is -0.357 e. The van der Waals surface area contributed by atoms with Crippen LogP contribution in [0.15, 0.2) is 29.3 Å². The molecular formula is C18H28N4O. The standard InChI is InChI=1S/C18H28N4O/c1-3-11-20-18(19-4-2)21-13-15-8-5-6-9-16(15)14-22-12-7-10-17(22)23/h5-6,8-9H,3-4,7,10-14H2,1-2H3,(H2,19,20,21). The fourth-order valence-electron chi connectivity index (χ4n) is 2.69. The molecule has 1 heterocycles. The van der Waals surface area contributed by atoms with Crippen LogP contribution in [0, 0.1) is 0 Å². The van der Waals surface area contributed by atoms with Crippen LogP contribution in [-0.2, 0) is 17.9 Å². The van der Waals surface area contributed by atoms with Gasteiger partial charge < -0.3 is 15.5 Å². The number of amides is 1. The van der Waals surface area contributed by atoms with Crippen LogP contribution in [-0.4, -0.2) is 36.4 Å². The Morgan fingerprint density at radius 1 is 1.22 bits per heavy atom. The van der Waals surface area contributed by atoms with Crippen molar-refractivity contribution in [1.82, 2.24) is 15.5 Å². The minimum atomic E-state index is 0.265. The van der Waals surface area contributed by atoms with Gasteiger partial charge in [0.05, 0.1) is 6.54 Å². The van der Waals surface area contributed by atoms with E-state index in [1.165, 1.54) is 11.1 Å². The lowest BCUT2D eigenvalue weighted by Crippen LogP contribution is -2.37.